The molecule has 0 bridgehead atoms. The van der Waals surface area contributed by atoms with Gasteiger partial charge in [0.2, 0.25) is 0 Å². The van der Waals surface area contributed by atoms with Crippen LogP contribution in [0.25, 0.3) is 0 Å². The number of halogens is 1. The largest absolute Gasteiger partial charge is 0.458 e. The van der Waals surface area contributed by atoms with Crippen molar-refractivity contribution in [3.63, 3.8) is 0 Å². The lowest BCUT2D eigenvalue weighted by Gasteiger charge is -2.27. The van der Waals surface area contributed by atoms with Crippen LogP contribution >= 0.6 is 11.6 Å². The van der Waals surface area contributed by atoms with Crippen molar-refractivity contribution in [1.82, 2.24) is 0 Å². The maximum absolute atomic E-state index is 12.3. The molecule has 0 radical (unpaired) electrons. The van der Waals surface area contributed by atoms with E-state index in [1.165, 1.54) is 0 Å². The Labute approximate surface area is 131 Å². The monoisotopic (exact) mass is 307 g/mol. The standard InChI is InChI=1S/C17H22ClNO2/c1-6-11-17(5,15(20)21-16(2,3)4)19-12-13-7-9-14(18)10-8-13/h6-10,12H,1,11H2,2-5H3/t17-/m1/s1. The predicted molar refractivity (Wildman–Crippen MR) is 88.1 cm³/mol. The van der Waals surface area contributed by atoms with E-state index in [1.54, 1.807) is 31.3 Å². The molecule has 1 atom stereocenters. The van der Waals surface area contributed by atoms with E-state index in [9.17, 15) is 4.79 Å². The fourth-order valence-corrected chi connectivity index (χ4v) is 1.75. The number of carbonyl (C=O) groups is 1. The Bertz CT molecular complexity index is 529. The van der Waals surface area contributed by atoms with Gasteiger partial charge in [-0.2, -0.15) is 0 Å². The third kappa shape index (κ3) is 5.72. The molecule has 0 aromatic heterocycles. The molecule has 0 unspecified atom stereocenters. The summed E-state index contributed by atoms with van der Waals surface area (Å²) in [5.41, 5.74) is -0.650. The molecule has 114 valence electrons. The molecule has 21 heavy (non-hydrogen) atoms. The summed E-state index contributed by atoms with van der Waals surface area (Å²) in [4.78, 5) is 16.8. The van der Waals surface area contributed by atoms with E-state index in [0.717, 1.165) is 5.56 Å². The van der Waals surface area contributed by atoms with Gasteiger partial charge < -0.3 is 4.74 Å². The lowest BCUT2D eigenvalue weighted by molar-refractivity contribution is -0.160. The van der Waals surface area contributed by atoms with Crippen LogP contribution in [0.3, 0.4) is 0 Å². The van der Waals surface area contributed by atoms with Crippen molar-refractivity contribution in [2.75, 3.05) is 0 Å². The van der Waals surface area contributed by atoms with Crippen LogP contribution in [0.5, 0.6) is 0 Å². The van der Waals surface area contributed by atoms with Crippen LogP contribution in [0, 0.1) is 0 Å². The first-order valence-corrected chi connectivity index (χ1v) is 7.19. The molecular formula is C17H22ClNO2. The highest BCUT2D eigenvalue weighted by atomic mass is 35.5. The fraction of sp³-hybridized carbons (Fsp3) is 0.412. The van der Waals surface area contributed by atoms with Crippen LogP contribution in [0.1, 0.15) is 39.7 Å². The molecule has 0 N–H and O–H groups in total. The molecule has 0 spiro atoms. The zero-order valence-electron chi connectivity index (χ0n) is 13.0. The summed E-state index contributed by atoms with van der Waals surface area (Å²) in [5.74, 6) is -0.361. The van der Waals surface area contributed by atoms with Gasteiger partial charge in [0.1, 0.15) is 5.60 Å². The maximum Gasteiger partial charge on any atom is 0.334 e. The highest BCUT2D eigenvalue weighted by Crippen LogP contribution is 2.22. The predicted octanol–water partition coefficient (Wildman–Crippen LogP) is 4.44. The minimum Gasteiger partial charge on any atom is -0.458 e. The molecule has 0 amide bonds. The fourth-order valence-electron chi connectivity index (χ4n) is 1.62. The molecule has 3 nitrogen and oxygen atoms in total. The maximum atomic E-state index is 12.3. The van der Waals surface area contributed by atoms with E-state index in [1.807, 2.05) is 32.9 Å². The smallest absolute Gasteiger partial charge is 0.334 e. The molecule has 1 rings (SSSR count). The topological polar surface area (TPSA) is 38.7 Å². The van der Waals surface area contributed by atoms with Crippen molar-refractivity contribution in [1.29, 1.82) is 0 Å². The zero-order chi connectivity index (χ0) is 16.1. The summed E-state index contributed by atoms with van der Waals surface area (Å²) < 4.78 is 5.44. The second-order valence-electron chi connectivity index (χ2n) is 6.08. The van der Waals surface area contributed by atoms with Gasteiger partial charge in [0.25, 0.3) is 0 Å². The average Bonchev–Trinajstić information content (AvgIpc) is 2.36. The minimum absolute atomic E-state index is 0.361. The molecule has 0 heterocycles. The zero-order valence-corrected chi connectivity index (χ0v) is 13.8. The van der Waals surface area contributed by atoms with Gasteiger partial charge in [-0.3, -0.25) is 4.99 Å². The first-order chi connectivity index (χ1) is 9.66. The number of ether oxygens (including phenoxy) is 1. The molecular weight excluding hydrogens is 286 g/mol. The normalized spacial score (nSPS) is 14.7. The van der Waals surface area contributed by atoms with E-state index in [-0.39, 0.29) is 5.97 Å². The van der Waals surface area contributed by atoms with Crippen LogP contribution in [0.15, 0.2) is 41.9 Å². The Morgan fingerprint density at radius 1 is 1.29 bits per heavy atom. The van der Waals surface area contributed by atoms with Crippen LogP contribution in [-0.4, -0.2) is 23.3 Å². The first kappa shape index (κ1) is 17.4. The van der Waals surface area contributed by atoms with Crippen molar-refractivity contribution < 1.29 is 9.53 Å². The lowest BCUT2D eigenvalue weighted by atomic mass is 9.98. The van der Waals surface area contributed by atoms with Crippen molar-refractivity contribution in [2.24, 2.45) is 4.99 Å². The van der Waals surface area contributed by atoms with E-state index < -0.39 is 11.1 Å². The van der Waals surface area contributed by atoms with E-state index in [0.29, 0.717) is 11.4 Å². The van der Waals surface area contributed by atoms with Crippen LogP contribution < -0.4 is 0 Å². The summed E-state index contributed by atoms with van der Waals surface area (Å²) in [7, 11) is 0. The number of hydrogen-bond donors (Lipinski definition) is 0. The summed E-state index contributed by atoms with van der Waals surface area (Å²) >= 11 is 5.84. The SMILES string of the molecule is C=CC[C@@](C)(N=Cc1ccc(Cl)cc1)C(=O)OC(C)(C)C. The summed E-state index contributed by atoms with van der Waals surface area (Å²) in [5, 5.41) is 0.660. The Hall–Kier alpha value is -1.61. The molecule has 0 saturated heterocycles. The van der Waals surface area contributed by atoms with Gasteiger partial charge in [-0.25, -0.2) is 4.79 Å². The Kier molecular flexibility index (Phi) is 5.73. The quantitative estimate of drug-likeness (QED) is 0.458. The molecule has 0 saturated carbocycles. The number of nitrogens with zero attached hydrogens (tertiary/aromatic N) is 1. The van der Waals surface area contributed by atoms with E-state index in [4.69, 9.17) is 16.3 Å². The molecule has 0 aliphatic rings. The van der Waals surface area contributed by atoms with Gasteiger partial charge in [-0.05, 0) is 45.4 Å². The molecule has 1 aromatic rings. The summed E-state index contributed by atoms with van der Waals surface area (Å²) in [6.07, 6.45) is 3.73. The third-order valence-corrected chi connectivity index (χ3v) is 3.00. The Morgan fingerprint density at radius 2 is 1.86 bits per heavy atom. The summed E-state index contributed by atoms with van der Waals surface area (Å²) in [6, 6.07) is 7.24. The van der Waals surface area contributed by atoms with Crippen molar-refractivity contribution in [3.05, 3.63) is 47.5 Å². The van der Waals surface area contributed by atoms with Gasteiger partial charge >= 0.3 is 5.97 Å². The first-order valence-electron chi connectivity index (χ1n) is 6.81. The van der Waals surface area contributed by atoms with Crippen LogP contribution in [-0.2, 0) is 9.53 Å². The average molecular weight is 308 g/mol. The van der Waals surface area contributed by atoms with Gasteiger partial charge in [0.05, 0.1) is 0 Å². The second-order valence-corrected chi connectivity index (χ2v) is 6.51. The summed E-state index contributed by atoms with van der Waals surface area (Å²) in [6.45, 7) is 10.9. The number of esters is 1. The van der Waals surface area contributed by atoms with E-state index >= 15 is 0 Å². The number of hydrogen-bond acceptors (Lipinski definition) is 3. The number of carbonyl (C=O) groups excluding carboxylic acids is 1. The van der Waals surface area contributed by atoms with Crippen molar-refractivity contribution in [2.45, 2.75) is 45.3 Å². The third-order valence-electron chi connectivity index (χ3n) is 2.75. The molecule has 0 fully saturated rings. The lowest BCUT2D eigenvalue weighted by Crippen LogP contribution is -2.39. The number of aliphatic imine (C=N–C) groups is 1. The van der Waals surface area contributed by atoms with Crippen LogP contribution in [0.2, 0.25) is 5.02 Å². The highest BCUT2D eigenvalue weighted by molar-refractivity contribution is 6.30. The number of rotatable bonds is 5. The van der Waals surface area contributed by atoms with Gasteiger partial charge in [0.15, 0.2) is 5.54 Å². The second kappa shape index (κ2) is 6.90. The minimum atomic E-state index is -0.978. The van der Waals surface area contributed by atoms with Crippen molar-refractivity contribution >= 4 is 23.8 Å². The molecule has 0 aliphatic heterocycles. The highest BCUT2D eigenvalue weighted by Gasteiger charge is 2.35. The molecule has 1 aromatic carbocycles. The molecule has 0 aliphatic carbocycles. The van der Waals surface area contributed by atoms with Gasteiger partial charge in [0, 0.05) is 17.7 Å². The van der Waals surface area contributed by atoms with Gasteiger partial charge in [-0.15, -0.1) is 6.58 Å². The molecule has 4 heteroatoms. The van der Waals surface area contributed by atoms with E-state index in [2.05, 4.69) is 11.6 Å². The number of benzene rings is 1. The Balaban J connectivity index is 2.96. The van der Waals surface area contributed by atoms with Gasteiger partial charge in [-0.1, -0.05) is 29.8 Å². The Morgan fingerprint density at radius 3 is 2.33 bits per heavy atom. The van der Waals surface area contributed by atoms with Crippen molar-refractivity contribution in [3.8, 4) is 0 Å². The van der Waals surface area contributed by atoms with Crippen LogP contribution in [0.4, 0.5) is 0 Å².